The van der Waals surface area contributed by atoms with Gasteiger partial charge in [-0.3, -0.25) is 0 Å². The topological polar surface area (TPSA) is 35.5 Å². The number of rotatable bonds is 4. The highest BCUT2D eigenvalue weighted by molar-refractivity contribution is 5.48. The first-order valence-electron chi connectivity index (χ1n) is 6.85. The Labute approximate surface area is 110 Å². The van der Waals surface area contributed by atoms with Crippen molar-refractivity contribution in [1.29, 1.82) is 0 Å². The van der Waals surface area contributed by atoms with Crippen LogP contribution in [0.3, 0.4) is 0 Å². The lowest BCUT2D eigenvalue weighted by Crippen LogP contribution is -2.49. The molecule has 100 valence electrons. The second-order valence-corrected chi connectivity index (χ2v) is 5.46. The summed E-state index contributed by atoms with van der Waals surface area (Å²) in [4.78, 5) is 2.45. The van der Waals surface area contributed by atoms with E-state index in [1.165, 1.54) is 17.7 Å². The molecule has 0 aliphatic carbocycles. The van der Waals surface area contributed by atoms with Crippen LogP contribution in [0.25, 0.3) is 0 Å². The molecule has 1 aromatic carbocycles. The van der Waals surface area contributed by atoms with Crippen molar-refractivity contribution in [2.24, 2.45) is 5.92 Å². The van der Waals surface area contributed by atoms with E-state index in [9.17, 15) is 0 Å². The highest BCUT2D eigenvalue weighted by atomic mass is 16.3. The summed E-state index contributed by atoms with van der Waals surface area (Å²) in [5.41, 5.74) is 2.61. The van der Waals surface area contributed by atoms with Gasteiger partial charge in [0.15, 0.2) is 0 Å². The van der Waals surface area contributed by atoms with Gasteiger partial charge in [-0.25, -0.2) is 0 Å². The van der Waals surface area contributed by atoms with E-state index in [1.807, 2.05) is 0 Å². The normalized spacial score (nSPS) is 24.3. The number of nitrogens with one attached hydrogen (secondary N) is 1. The Morgan fingerprint density at radius 1 is 1.28 bits per heavy atom. The van der Waals surface area contributed by atoms with Crippen LogP contribution in [0.1, 0.15) is 18.9 Å². The van der Waals surface area contributed by atoms with Gasteiger partial charge in [0, 0.05) is 31.4 Å². The molecule has 1 aliphatic rings. The summed E-state index contributed by atoms with van der Waals surface area (Å²) < 4.78 is 0. The smallest absolute Gasteiger partial charge is 0.0556 e. The summed E-state index contributed by atoms with van der Waals surface area (Å²) in [5, 5.41) is 12.3. The van der Waals surface area contributed by atoms with Crippen LogP contribution in [-0.2, 0) is 0 Å². The Balaban J connectivity index is 2.01. The molecule has 2 rings (SSSR count). The summed E-state index contributed by atoms with van der Waals surface area (Å²) in [6, 6.07) is 9.24. The van der Waals surface area contributed by atoms with E-state index < -0.39 is 0 Å². The fourth-order valence-corrected chi connectivity index (χ4v) is 2.73. The third-order valence-electron chi connectivity index (χ3n) is 3.60. The number of aryl methyl sites for hydroxylation is 1. The van der Waals surface area contributed by atoms with Crippen molar-refractivity contribution in [2.75, 3.05) is 31.1 Å². The van der Waals surface area contributed by atoms with Crippen LogP contribution in [0.15, 0.2) is 24.3 Å². The number of aliphatic hydroxyl groups excluding tert-OH is 1. The fourth-order valence-electron chi connectivity index (χ4n) is 2.73. The van der Waals surface area contributed by atoms with Crippen LogP contribution in [0.5, 0.6) is 0 Å². The average molecular weight is 248 g/mol. The molecule has 18 heavy (non-hydrogen) atoms. The van der Waals surface area contributed by atoms with E-state index in [1.54, 1.807) is 0 Å². The number of hydrogen-bond donors (Lipinski definition) is 2. The second-order valence-electron chi connectivity index (χ2n) is 5.46. The minimum atomic E-state index is 0.218. The van der Waals surface area contributed by atoms with Gasteiger partial charge in [-0.1, -0.05) is 24.6 Å². The molecule has 0 saturated carbocycles. The van der Waals surface area contributed by atoms with Gasteiger partial charge in [-0.05, 0) is 31.4 Å². The summed E-state index contributed by atoms with van der Waals surface area (Å²) >= 11 is 0. The van der Waals surface area contributed by atoms with Crippen LogP contribution < -0.4 is 10.2 Å². The first-order chi connectivity index (χ1) is 8.69. The maximum absolute atomic E-state index is 8.90. The Kier molecular flexibility index (Phi) is 4.61. The summed E-state index contributed by atoms with van der Waals surface area (Å²) in [6.45, 7) is 7.49. The molecule has 1 aliphatic heterocycles. The first kappa shape index (κ1) is 13.4. The van der Waals surface area contributed by atoms with Crippen LogP contribution in [0.4, 0.5) is 5.69 Å². The Hall–Kier alpha value is -1.06. The van der Waals surface area contributed by atoms with E-state index in [0.717, 1.165) is 13.1 Å². The number of aliphatic hydroxyl groups is 1. The summed E-state index contributed by atoms with van der Waals surface area (Å²) in [5.74, 6) is 0.691. The third-order valence-corrected chi connectivity index (χ3v) is 3.60. The maximum Gasteiger partial charge on any atom is 0.0556 e. The van der Waals surface area contributed by atoms with E-state index >= 15 is 0 Å². The van der Waals surface area contributed by atoms with Crippen LogP contribution >= 0.6 is 0 Å². The monoisotopic (exact) mass is 248 g/mol. The van der Waals surface area contributed by atoms with Crippen molar-refractivity contribution in [3.63, 3.8) is 0 Å². The van der Waals surface area contributed by atoms with Gasteiger partial charge in [0.1, 0.15) is 0 Å². The molecule has 3 nitrogen and oxygen atoms in total. The third kappa shape index (κ3) is 3.47. The molecule has 0 spiro atoms. The Bertz CT molecular complexity index is 363. The summed E-state index contributed by atoms with van der Waals surface area (Å²) in [6.07, 6.45) is 1.20. The quantitative estimate of drug-likeness (QED) is 0.853. The molecule has 0 amide bonds. The molecule has 2 atom stereocenters. The number of benzene rings is 1. The molecule has 2 unspecified atom stereocenters. The van der Waals surface area contributed by atoms with Gasteiger partial charge >= 0.3 is 0 Å². The van der Waals surface area contributed by atoms with E-state index in [0.29, 0.717) is 18.5 Å². The van der Waals surface area contributed by atoms with Gasteiger partial charge in [0.2, 0.25) is 0 Å². The van der Waals surface area contributed by atoms with Crippen LogP contribution in [0.2, 0.25) is 0 Å². The van der Waals surface area contributed by atoms with Crippen molar-refractivity contribution in [3.8, 4) is 0 Å². The van der Waals surface area contributed by atoms with Gasteiger partial charge in [0.25, 0.3) is 0 Å². The molecule has 1 aromatic rings. The molecule has 1 heterocycles. The van der Waals surface area contributed by atoms with Crippen molar-refractivity contribution in [1.82, 2.24) is 5.32 Å². The highest BCUT2D eigenvalue weighted by Gasteiger charge is 2.24. The predicted molar refractivity (Wildman–Crippen MR) is 76.0 cm³/mol. The molecule has 2 N–H and O–H groups in total. The molecule has 1 fully saturated rings. The molecule has 1 saturated heterocycles. The molecule has 0 bridgehead atoms. The van der Waals surface area contributed by atoms with E-state index in [2.05, 4.69) is 48.3 Å². The van der Waals surface area contributed by atoms with Crippen molar-refractivity contribution in [3.05, 3.63) is 29.8 Å². The van der Waals surface area contributed by atoms with Gasteiger partial charge < -0.3 is 15.3 Å². The van der Waals surface area contributed by atoms with Gasteiger partial charge in [0.05, 0.1) is 6.61 Å². The minimum absolute atomic E-state index is 0.218. The van der Waals surface area contributed by atoms with E-state index in [-0.39, 0.29) is 6.61 Å². The zero-order valence-corrected chi connectivity index (χ0v) is 11.4. The highest BCUT2D eigenvalue weighted by Crippen LogP contribution is 2.23. The lowest BCUT2D eigenvalue weighted by Gasteiger charge is -2.38. The minimum Gasteiger partial charge on any atom is -0.395 e. The van der Waals surface area contributed by atoms with Gasteiger partial charge in [-0.2, -0.15) is 0 Å². The molecule has 0 radical (unpaired) electrons. The van der Waals surface area contributed by atoms with E-state index in [4.69, 9.17) is 5.11 Å². The number of piperidine rings is 1. The Morgan fingerprint density at radius 2 is 2.00 bits per heavy atom. The molecular weight excluding hydrogens is 224 g/mol. The second kappa shape index (κ2) is 6.21. The molecule has 0 aromatic heterocycles. The van der Waals surface area contributed by atoms with Crippen molar-refractivity contribution >= 4 is 5.69 Å². The molecule has 3 heteroatoms. The first-order valence-corrected chi connectivity index (χ1v) is 6.85. The zero-order valence-electron chi connectivity index (χ0n) is 11.4. The standard InChI is InChI=1S/C15H24N2O/c1-12-3-5-15(6-4-12)17-10-13(2)9-14(11-17)16-7-8-18/h3-6,13-14,16,18H,7-11H2,1-2H3. The van der Waals surface area contributed by atoms with Crippen LogP contribution in [0, 0.1) is 12.8 Å². The largest absolute Gasteiger partial charge is 0.395 e. The molecular formula is C15H24N2O. The van der Waals surface area contributed by atoms with Crippen molar-refractivity contribution in [2.45, 2.75) is 26.3 Å². The number of nitrogens with zero attached hydrogens (tertiary/aromatic N) is 1. The lowest BCUT2D eigenvalue weighted by molar-refractivity contribution is 0.269. The fraction of sp³-hybridized carbons (Fsp3) is 0.600. The predicted octanol–water partition coefficient (Wildman–Crippen LogP) is 1.79. The average Bonchev–Trinajstić information content (AvgIpc) is 2.36. The number of hydrogen-bond acceptors (Lipinski definition) is 3. The Morgan fingerprint density at radius 3 is 2.67 bits per heavy atom. The van der Waals surface area contributed by atoms with Crippen molar-refractivity contribution < 1.29 is 5.11 Å². The van der Waals surface area contributed by atoms with Crippen LogP contribution in [-0.4, -0.2) is 37.4 Å². The number of anilines is 1. The maximum atomic E-state index is 8.90. The summed E-state index contributed by atoms with van der Waals surface area (Å²) in [7, 11) is 0. The zero-order chi connectivity index (χ0) is 13.0. The van der Waals surface area contributed by atoms with Gasteiger partial charge in [-0.15, -0.1) is 0 Å². The SMILES string of the molecule is Cc1ccc(N2CC(C)CC(NCCO)C2)cc1. The lowest BCUT2D eigenvalue weighted by atomic mass is 9.95.